The van der Waals surface area contributed by atoms with Gasteiger partial charge in [0, 0.05) is 6.04 Å². The number of halogens is 7. The van der Waals surface area contributed by atoms with Crippen molar-refractivity contribution in [2.24, 2.45) is 5.73 Å². The van der Waals surface area contributed by atoms with Crippen LogP contribution in [0.4, 0.5) is 30.7 Å². The van der Waals surface area contributed by atoms with Gasteiger partial charge >= 0.3 is 12.5 Å². The third-order valence-corrected chi connectivity index (χ3v) is 5.37. The zero-order valence-electron chi connectivity index (χ0n) is 18.5. The van der Waals surface area contributed by atoms with E-state index in [0.717, 1.165) is 24.3 Å². The molecule has 0 aliphatic carbocycles. The number of hydrogen-bond acceptors (Lipinski definition) is 3. The number of nitrogens with two attached hydrogens (primary N) is 1. The minimum Gasteiger partial charge on any atom is -0.403 e. The van der Waals surface area contributed by atoms with Crippen molar-refractivity contribution in [1.29, 1.82) is 0 Å². The second kappa shape index (κ2) is 11.0. The molecule has 0 aliphatic heterocycles. The second-order valence-corrected chi connectivity index (χ2v) is 7.94. The summed E-state index contributed by atoms with van der Waals surface area (Å²) in [6.07, 6.45) is -9.33. The summed E-state index contributed by atoms with van der Waals surface area (Å²) < 4.78 is 94.5. The number of benzene rings is 3. The van der Waals surface area contributed by atoms with Gasteiger partial charge < -0.3 is 10.5 Å². The summed E-state index contributed by atoms with van der Waals surface area (Å²) in [6, 6.07) is 13.7. The van der Waals surface area contributed by atoms with Gasteiger partial charge in [-0.15, -0.1) is 13.2 Å². The maximum Gasteiger partial charge on any atom is 0.573 e. The van der Waals surface area contributed by atoms with E-state index in [2.05, 4.69) is 10.1 Å². The molecule has 0 radical (unpaired) electrons. The summed E-state index contributed by atoms with van der Waals surface area (Å²) in [5.74, 6) is -3.07. The highest BCUT2D eigenvalue weighted by molar-refractivity contribution is 5.81. The summed E-state index contributed by atoms with van der Waals surface area (Å²) in [5, 5.41) is 2.99. The minimum atomic E-state index is -5.14. The molecule has 0 aromatic heterocycles. The van der Waals surface area contributed by atoms with Crippen LogP contribution in [-0.4, -0.2) is 12.3 Å². The molecular weight excluding hydrogens is 493 g/mol. The number of hydrogen-bond donors (Lipinski definition) is 2. The van der Waals surface area contributed by atoms with E-state index in [1.165, 1.54) is 18.2 Å². The van der Waals surface area contributed by atoms with Gasteiger partial charge in [-0.25, -0.2) is 4.39 Å². The molecule has 0 saturated heterocycles. The Bertz CT molecular complexity index is 1160. The fourth-order valence-corrected chi connectivity index (χ4v) is 3.65. The molecule has 0 fully saturated rings. The van der Waals surface area contributed by atoms with Gasteiger partial charge in [0.05, 0.1) is 5.56 Å². The lowest BCUT2D eigenvalue weighted by Gasteiger charge is -2.25. The number of amides is 1. The molecule has 0 saturated carbocycles. The Hall–Kier alpha value is -3.60. The number of primary amides is 1. The number of carbonyl (C=O) groups is 1. The Balaban J connectivity index is 1.92. The molecule has 0 spiro atoms. The van der Waals surface area contributed by atoms with Crippen LogP contribution >= 0.6 is 0 Å². The Morgan fingerprint density at radius 2 is 1.53 bits per heavy atom. The fourth-order valence-electron chi connectivity index (χ4n) is 3.65. The van der Waals surface area contributed by atoms with Crippen molar-refractivity contribution in [3.8, 4) is 5.75 Å². The maximum absolute atomic E-state index is 14.0. The van der Waals surface area contributed by atoms with Gasteiger partial charge in [0.25, 0.3) is 0 Å². The lowest BCUT2D eigenvalue weighted by molar-refractivity contribution is -0.275. The van der Waals surface area contributed by atoms with Gasteiger partial charge in [0.2, 0.25) is 5.91 Å². The molecule has 0 aliphatic rings. The van der Waals surface area contributed by atoms with Crippen molar-refractivity contribution >= 4 is 5.91 Å². The molecule has 0 bridgehead atoms. The van der Waals surface area contributed by atoms with Crippen LogP contribution in [0, 0.1) is 5.82 Å². The number of ether oxygens (including phenoxy) is 1. The van der Waals surface area contributed by atoms with Gasteiger partial charge in [-0.05, 0) is 53.8 Å². The van der Waals surface area contributed by atoms with Gasteiger partial charge in [0.15, 0.2) is 11.6 Å². The normalized spacial score (nSPS) is 13.8. The third kappa shape index (κ3) is 7.45. The second-order valence-electron chi connectivity index (χ2n) is 7.94. The first-order chi connectivity index (χ1) is 16.8. The van der Waals surface area contributed by atoms with E-state index < -0.39 is 47.7 Å². The van der Waals surface area contributed by atoms with Crippen LogP contribution in [0.1, 0.15) is 40.8 Å². The molecule has 3 aromatic rings. The number of aryl methyl sites for hydroxylation is 1. The standard InChI is InChI=1S/C25H21F7N2O2/c26-19-12-9-17(14-21(19)36-25(30,31)32)20(34-22(23(33)35)16-4-2-1-3-5-16)13-8-15-6-10-18(11-7-15)24(27,28)29/h1-7,9-12,14,20,22,34H,8,13H2,(H2,33,35)/t20-,22?/m0/s1. The number of nitrogens with one attached hydrogen (secondary N) is 1. The van der Waals surface area contributed by atoms with E-state index >= 15 is 0 Å². The molecular formula is C25H21F7N2O2. The number of alkyl halides is 6. The van der Waals surface area contributed by atoms with E-state index in [-0.39, 0.29) is 18.4 Å². The van der Waals surface area contributed by atoms with Crippen LogP contribution in [0.5, 0.6) is 5.75 Å². The molecule has 11 heteroatoms. The molecule has 2 atom stereocenters. The van der Waals surface area contributed by atoms with Crippen LogP contribution in [0.2, 0.25) is 0 Å². The van der Waals surface area contributed by atoms with Crippen molar-refractivity contribution in [1.82, 2.24) is 5.32 Å². The van der Waals surface area contributed by atoms with E-state index in [0.29, 0.717) is 11.1 Å². The van der Waals surface area contributed by atoms with Crippen molar-refractivity contribution in [2.45, 2.75) is 37.5 Å². The predicted octanol–water partition coefficient (Wildman–Crippen LogP) is 6.23. The van der Waals surface area contributed by atoms with E-state index in [1.807, 2.05) is 0 Å². The number of carbonyl (C=O) groups excluding carboxylic acids is 1. The first-order valence-electron chi connectivity index (χ1n) is 10.6. The van der Waals surface area contributed by atoms with Crippen LogP contribution in [0.3, 0.4) is 0 Å². The van der Waals surface area contributed by atoms with Crippen LogP contribution in [0.15, 0.2) is 72.8 Å². The molecule has 3 rings (SSSR count). The van der Waals surface area contributed by atoms with E-state index in [1.54, 1.807) is 30.3 Å². The monoisotopic (exact) mass is 514 g/mol. The molecule has 4 nitrogen and oxygen atoms in total. The third-order valence-electron chi connectivity index (χ3n) is 5.37. The van der Waals surface area contributed by atoms with E-state index in [9.17, 15) is 35.5 Å². The highest BCUT2D eigenvalue weighted by Gasteiger charge is 2.33. The summed E-state index contributed by atoms with van der Waals surface area (Å²) in [5.41, 5.74) is 5.88. The Labute approximate surface area is 201 Å². The molecule has 0 heterocycles. The van der Waals surface area contributed by atoms with Gasteiger partial charge in [0.1, 0.15) is 6.04 Å². The topological polar surface area (TPSA) is 64.4 Å². The highest BCUT2D eigenvalue weighted by atomic mass is 19.4. The van der Waals surface area contributed by atoms with Gasteiger partial charge in [-0.3, -0.25) is 10.1 Å². The fraction of sp³-hybridized carbons (Fsp3) is 0.240. The smallest absolute Gasteiger partial charge is 0.403 e. The SMILES string of the molecule is NC(=O)C(N[C@@H](CCc1ccc(C(F)(F)F)cc1)c1ccc(F)c(OC(F)(F)F)c1)c1ccccc1. The average Bonchev–Trinajstić information content (AvgIpc) is 2.80. The molecule has 36 heavy (non-hydrogen) atoms. The average molecular weight is 514 g/mol. The van der Waals surface area contributed by atoms with Crippen LogP contribution in [-0.2, 0) is 17.4 Å². The van der Waals surface area contributed by atoms with Crippen LogP contribution in [0.25, 0.3) is 0 Å². The van der Waals surface area contributed by atoms with Crippen molar-refractivity contribution in [3.05, 3.63) is 101 Å². The summed E-state index contributed by atoms with van der Waals surface area (Å²) in [4.78, 5) is 12.2. The maximum atomic E-state index is 14.0. The van der Waals surface area contributed by atoms with Crippen molar-refractivity contribution < 1.29 is 40.3 Å². The summed E-state index contributed by atoms with van der Waals surface area (Å²) >= 11 is 0. The Kier molecular flexibility index (Phi) is 8.24. The zero-order valence-corrected chi connectivity index (χ0v) is 18.5. The molecule has 1 unspecified atom stereocenters. The summed E-state index contributed by atoms with van der Waals surface area (Å²) in [7, 11) is 0. The van der Waals surface area contributed by atoms with E-state index in [4.69, 9.17) is 5.73 Å². The zero-order chi connectivity index (χ0) is 26.5. The molecule has 3 aromatic carbocycles. The Morgan fingerprint density at radius 3 is 2.08 bits per heavy atom. The molecule has 3 N–H and O–H groups in total. The summed E-state index contributed by atoms with van der Waals surface area (Å²) in [6.45, 7) is 0. The first-order valence-corrected chi connectivity index (χ1v) is 10.6. The Morgan fingerprint density at radius 1 is 0.889 bits per heavy atom. The predicted molar refractivity (Wildman–Crippen MR) is 117 cm³/mol. The van der Waals surface area contributed by atoms with Crippen molar-refractivity contribution in [2.75, 3.05) is 0 Å². The van der Waals surface area contributed by atoms with Crippen molar-refractivity contribution in [3.63, 3.8) is 0 Å². The molecule has 192 valence electrons. The largest absolute Gasteiger partial charge is 0.573 e. The lowest BCUT2D eigenvalue weighted by Crippen LogP contribution is -2.36. The van der Waals surface area contributed by atoms with Crippen LogP contribution < -0.4 is 15.8 Å². The molecule has 1 amide bonds. The number of rotatable bonds is 9. The minimum absolute atomic E-state index is 0.124. The highest BCUT2D eigenvalue weighted by Crippen LogP contribution is 2.32. The quantitative estimate of drug-likeness (QED) is 0.333. The van der Waals surface area contributed by atoms with Gasteiger partial charge in [-0.2, -0.15) is 13.2 Å². The van der Waals surface area contributed by atoms with Gasteiger partial charge in [-0.1, -0.05) is 48.5 Å². The lowest BCUT2D eigenvalue weighted by atomic mass is 9.95. The first kappa shape index (κ1) is 27.0.